The van der Waals surface area contributed by atoms with E-state index in [4.69, 9.17) is 4.74 Å². The number of nitrogens with zero attached hydrogens (tertiary/aromatic N) is 2. The minimum Gasteiger partial charge on any atom is -0.478 e. The van der Waals surface area contributed by atoms with E-state index in [0.717, 1.165) is 35.0 Å². The van der Waals surface area contributed by atoms with Crippen molar-refractivity contribution >= 4 is 17.7 Å². The quantitative estimate of drug-likeness (QED) is 0.660. The Balaban J connectivity index is 1.94. The summed E-state index contributed by atoms with van der Waals surface area (Å²) in [6, 6.07) is 6.47. The second-order valence-electron chi connectivity index (χ2n) is 6.98. The van der Waals surface area contributed by atoms with Crippen molar-refractivity contribution < 1.29 is 28.2 Å². The summed E-state index contributed by atoms with van der Waals surface area (Å²) >= 11 is 1.50. The Kier molecular flexibility index (Phi) is 7.74. The summed E-state index contributed by atoms with van der Waals surface area (Å²) in [6.45, 7) is 4.15. The average molecular weight is 441 g/mol. The summed E-state index contributed by atoms with van der Waals surface area (Å²) in [5, 5.41) is 10.6. The normalized spacial score (nSPS) is 20.5. The zero-order chi connectivity index (χ0) is 21.7. The second kappa shape index (κ2) is 10.3. The van der Waals surface area contributed by atoms with E-state index in [1.807, 2.05) is 19.9 Å². The minimum absolute atomic E-state index is 0.0952. The fourth-order valence-corrected chi connectivity index (χ4v) is 4.67. The van der Waals surface area contributed by atoms with Gasteiger partial charge in [0.15, 0.2) is 0 Å². The van der Waals surface area contributed by atoms with Crippen LogP contribution in [0.2, 0.25) is 0 Å². The van der Waals surface area contributed by atoms with Crippen LogP contribution in [-0.2, 0) is 16.1 Å². The molecule has 1 atom stereocenters. The highest BCUT2D eigenvalue weighted by molar-refractivity contribution is 8.03. The summed E-state index contributed by atoms with van der Waals surface area (Å²) in [5.74, 6) is -0.129. The van der Waals surface area contributed by atoms with Gasteiger partial charge in [0.2, 0.25) is 0 Å². The van der Waals surface area contributed by atoms with Gasteiger partial charge in [-0.15, -0.1) is 11.8 Å². The van der Waals surface area contributed by atoms with Crippen LogP contribution in [0.15, 0.2) is 46.5 Å². The van der Waals surface area contributed by atoms with Gasteiger partial charge in [-0.3, -0.25) is 4.90 Å². The lowest BCUT2D eigenvalue weighted by molar-refractivity contribution is -0.132. The largest absolute Gasteiger partial charge is 0.478 e. The van der Waals surface area contributed by atoms with Crippen LogP contribution in [0.3, 0.4) is 0 Å². The first-order valence-electron chi connectivity index (χ1n) is 9.82. The fraction of sp³-hybridized carbons (Fsp3) is 0.476. The van der Waals surface area contributed by atoms with Crippen molar-refractivity contribution in [3.8, 4) is 5.75 Å². The predicted octanol–water partition coefficient (Wildman–Crippen LogP) is 3.76. The molecule has 2 aliphatic rings. The molecule has 1 unspecified atom stereocenters. The van der Waals surface area contributed by atoms with Gasteiger partial charge < -0.3 is 19.5 Å². The number of hydrogen-bond donors (Lipinski definition) is 1. The minimum atomic E-state index is -2.87. The van der Waals surface area contributed by atoms with Gasteiger partial charge in [0, 0.05) is 19.6 Å². The molecule has 1 aromatic carbocycles. The summed E-state index contributed by atoms with van der Waals surface area (Å²) < 4.78 is 34.8. The molecular formula is C21H26F2N2O4S. The van der Waals surface area contributed by atoms with E-state index in [1.165, 1.54) is 23.9 Å². The van der Waals surface area contributed by atoms with Crippen LogP contribution < -0.4 is 4.74 Å². The van der Waals surface area contributed by atoms with E-state index in [0.29, 0.717) is 25.3 Å². The van der Waals surface area contributed by atoms with Gasteiger partial charge in [0.05, 0.1) is 23.8 Å². The predicted molar refractivity (Wildman–Crippen MR) is 111 cm³/mol. The second-order valence-corrected chi connectivity index (χ2v) is 8.23. The fourth-order valence-electron chi connectivity index (χ4n) is 3.66. The van der Waals surface area contributed by atoms with Gasteiger partial charge in [-0.25, -0.2) is 4.79 Å². The van der Waals surface area contributed by atoms with Crippen LogP contribution in [0.4, 0.5) is 8.78 Å². The van der Waals surface area contributed by atoms with Crippen molar-refractivity contribution in [3.05, 3.63) is 52.1 Å². The third-order valence-corrected chi connectivity index (χ3v) is 6.00. The van der Waals surface area contributed by atoms with Crippen molar-refractivity contribution in [2.75, 3.05) is 32.1 Å². The van der Waals surface area contributed by atoms with Crippen LogP contribution in [0, 0.1) is 0 Å². The van der Waals surface area contributed by atoms with Crippen molar-refractivity contribution in [1.29, 1.82) is 0 Å². The number of benzene rings is 1. The van der Waals surface area contributed by atoms with Crippen molar-refractivity contribution in [2.45, 2.75) is 33.2 Å². The number of aliphatic carboxylic acids is 1. The smallest absolute Gasteiger partial charge is 0.387 e. The van der Waals surface area contributed by atoms with Gasteiger partial charge in [0.1, 0.15) is 11.9 Å². The molecule has 9 heteroatoms. The molecule has 0 aliphatic carbocycles. The number of thioether (sulfide) groups is 1. The first-order chi connectivity index (χ1) is 14.4. The lowest BCUT2D eigenvalue weighted by Crippen LogP contribution is -2.52. The molecule has 6 nitrogen and oxygen atoms in total. The molecule has 2 heterocycles. The molecule has 1 N–H and O–H groups in total. The Labute approximate surface area is 179 Å². The number of rotatable bonds is 8. The maximum Gasteiger partial charge on any atom is 0.387 e. The van der Waals surface area contributed by atoms with Crippen LogP contribution >= 0.6 is 11.8 Å². The summed E-state index contributed by atoms with van der Waals surface area (Å²) in [6.07, 6.45) is 1.88. The molecular weight excluding hydrogens is 414 g/mol. The van der Waals surface area contributed by atoms with Crippen LogP contribution in [-0.4, -0.2) is 65.7 Å². The first-order valence-corrected chi connectivity index (χ1v) is 10.8. The van der Waals surface area contributed by atoms with Gasteiger partial charge in [0.25, 0.3) is 0 Å². The van der Waals surface area contributed by atoms with E-state index < -0.39 is 12.6 Å². The van der Waals surface area contributed by atoms with Crippen LogP contribution in [0.5, 0.6) is 5.75 Å². The molecule has 0 bridgehead atoms. The summed E-state index contributed by atoms with van der Waals surface area (Å²) in [4.78, 5) is 16.4. The molecule has 1 saturated heterocycles. The third kappa shape index (κ3) is 5.33. The average Bonchev–Trinajstić information content (AvgIpc) is 2.71. The van der Waals surface area contributed by atoms with E-state index in [2.05, 4.69) is 14.5 Å². The Bertz CT molecular complexity index is 808. The van der Waals surface area contributed by atoms with Crippen LogP contribution in [0.1, 0.15) is 19.4 Å². The lowest BCUT2D eigenvalue weighted by atomic mass is 10.0. The number of halogens is 2. The molecule has 0 radical (unpaired) electrons. The highest BCUT2D eigenvalue weighted by Crippen LogP contribution is 2.37. The molecule has 30 heavy (non-hydrogen) atoms. The van der Waals surface area contributed by atoms with Crippen molar-refractivity contribution in [3.63, 3.8) is 0 Å². The number of hydrogen-bond acceptors (Lipinski definition) is 6. The number of carboxylic acids is 1. The topological polar surface area (TPSA) is 62.2 Å². The van der Waals surface area contributed by atoms with E-state index >= 15 is 0 Å². The molecule has 0 saturated carbocycles. The van der Waals surface area contributed by atoms with Crippen molar-refractivity contribution in [2.24, 2.45) is 0 Å². The number of carbonyl (C=O) groups is 1. The van der Waals surface area contributed by atoms with E-state index in [1.54, 1.807) is 12.1 Å². The Morgan fingerprint density at radius 1 is 1.30 bits per heavy atom. The maximum atomic E-state index is 12.4. The molecule has 0 aromatic heterocycles. The number of alkyl halides is 2. The van der Waals surface area contributed by atoms with Gasteiger partial charge in [-0.1, -0.05) is 19.1 Å². The SMILES string of the molecule is CCSC1=C(C(=O)O)C(C)=CC(N2CCOCC2)N1Cc1ccc(OC(F)F)cc1. The monoisotopic (exact) mass is 440 g/mol. The molecule has 164 valence electrons. The molecule has 0 amide bonds. The van der Waals surface area contributed by atoms with Crippen LogP contribution in [0.25, 0.3) is 0 Å². The van der Waals surface area contributed by atoms with Gasteiger partial charge >= 0.3 is 12.6 Å². The molecule has 1 fully saturated rings. The zero-order valence-electron chi connectivity index (χ0n) is 17.0. The third-order valence-electron chi connectivity index (χ3n) is 5.00. The molecule has 0 spiro atoms. The molecule has 2 aliphatic heterocycles. The molecule has 1 aromatic rings. The Morgan fingerprint density at radius 2 is 1.97 bits per heavy atom. The lowest BCUT2D eigenvalue weighted by Gasteiger charge is -2.44. The summed E-state index contributed by atoms with van der Waals surface area (Å²) in [7, 11) is 0. The van der Waals surface area contributed by atoms with E-state index in [-0.39, 0.29) is 11.9 Å². The first kappa shape index (κ1) is 22.6. The summed E-state index contributed by atoms with van der Waals surface area (Å²) in [5.41, 5.74) is 1.93. The Hall–Kier alpha value is -2.10. The molecule has 3 rings (SSSR count). The Morgan fingerprint density at radius 3 is 2.53 bits per heavy atom. The highest BCUT2D eigenvalue weighted by Gasteiger charge is 2.34. The van der Waals surface area contributed by atoms with E-state index in [9.17, 15) is 18.7 Å². The maximum absolute atomic E-state index is 12.4. The number of carboxylic acid groups (broad SMARTS) is 1. The standard InChI is InChI=1S/C21H26F2N2O4S/c1-3-30-19-18(20(26)27)14(2)12-17(24-8-10-28-11-9-24)25(19)13-15-4-6-16(7-5-15)29-21(22)23/h4-7,12,17,21H,3,8-11,13H2,1-2H3,(H,26,27). The van der Waals surface area contributed by atoms with Crippen molar-refractivity contribution in [1.82, 2.24) is 9.80 Å². The number of morpholine rings is 1. The van der Waals surface area contributed by atoms with Gasteiger partial charge in [-0.2, -0.15) is 8.78 Å². The zero-order valence-corrected chi connectivity index (χ0v) is 17.8. The number of ether oxygens (including phenoxy) is 2. The highest BCUT2D eigenvalue weighted by atomic mass is 32.2. The van der Waals surface area contributed by atoms with Gasteiger partial charge in [-0.05, 0) is 42.0 Å².